The molecule has 0 saturated carbocycles. The minimum Gasteiger partial charge on any atom is -0.481 e. The van der Waals surface area contributed by atoms with Crippen molar-refractivity contribution >= 4 is 23.2 Å². The lowest BCUT2D eigenvalue weighted by Gasteiger charge is -2.35. The van der Waals surface area contributed by atoms with Gasteiger partial charge in [-0.15, -0.1) is 0 Å². The quantitative estimate of drug-likeness (QED) is 0.321. The van der Waals surface area contributed by atoms with E-state index in [0.29, 0.717) is 54.3 Å². The molecule has 1 amide bonds. The fourth-order valence-corrected chi connectivity index (χ4v) is 6.15. The summed E-state index contributed by atoms with van der Waals surface area (Å²) in [6.07, 6.45) is 5.96. The van der Waals surface area contributed by atoms with E-state index >= 15 is 4.39 Å². The van der Waals surface area contributed by atoms with Crippen LogP contribution in [0.4, 0.5) is 10.1 Å². The summed E-state index contributed by atoms with van der Waals surface area (Å²) in [7, 11) is 0. The van der Waals surface area contributed by atoms with Gasteiger partial charge in [-0.1, -0.05) is 24.3 Å². The molecule has 7 rings (SSSR count). The normalized spacial score (nSPS) is 18.2. The van der Waals surface area contributed by atoms with Gasteiger partial charge in [0.25, 0.3) is 5.91 Å². The summed E-state index contributed by atoms with van der Waals surface area (Å²) < 4.78 is 17.1. The molecule has 0 aliphatic carbocycles. The first kappa shape index (κ1) is 26.7. The second-order valence-corrected chi connectivity index (χ2v) is 11.0. The molecule has 10 nitrogen and oxygen atoms in total. The molecule has 11 heteroatoms. The van der Waals surface area contributed by atoms with Gasteiger partial charge in [0.05, 0.1) is 23.3 Å². The van der Waals surface area contributed by atoms with Crippen LogP contribution in [-0.2, 0) is 11.2 Å². The van der Waals surface area contributed by atoms with Crippen LogP contribution in [0.15, 0.2) is 73.3 Å². The van der Waals surface area contributed by atoms with Crippen LogP contribution in [0, 0.1) is 11.7 Å². The van der Waals surface area contributed by atoms with E-state index in [0.717, 1.165) is 12.0 Å². The second-order valence-electron chi connectivity index (χ2n) is 11.0. The maximum absolute atomic E-state index is 15.5. The minimum absolute atomic E-state index is 0.117. The Hall–Kier alpha value is -5.19. The Morgan fingerprint density at radius 2 is 1.84 bits per heavy atom. The zero-order valence-electron chi connectivity index (χ0n) is 23.4. The van der Waals surface area contributed by atoms with E-state index in [1.807, 2.05) is 28.9 Å². The molecular weight excluding hydrogens is 549 g/mol. The number of anilines is 1. The molecule has 216 valence electrons. The Labute approximate surface area is 246 Å². The number of rotatable bonds is 5. The van der Waals surface area contributed by atoms with Crippen molar-refractivity contribution < 1.29 is 19.1 Å². The summed E-state index contributed by atoms with van der Waals surface area (Å²) in [5, 5.41) is 14.0. The molecule has 1 fully saturated rings. The molecule has 0 unspecified atom stereocenters. The highest BCUT2D eigenvalue weighted by molar-refractivity contribution is 5.94. The number of nitrogens with zero attached hydrogens (tertiary/aromatic N) is 7. The predicted octanol–water partition coefficient (Wildman–Crippen LogP) is 4.66. The number of halogens is 1. The van der Waals surface area contributed by atoms with Gasteiger partial charge in [0.2, 0.25) is 0 Å². The van der Waals surface area contributed by atoms with Crippen LogP contribution in [-0.4, -0.2) is 66.1 Å². The molecule has 0 bridgehead atoms. The van der Waals surface area contributed by atoms with E-state index in [4.69, 9.17) is 4.98 Å². The number of aromatic nitrogens is 5. The number of carboxylic acid groups (broad SMARTS) is 1. The number of carbonyl (C=O) groups excluding carboxylic acids is 1. The summed E-state index contributed by atoms with van der Waals surface area (Å²) in [5.41, 5.74) is 5.44. The highest BCUT2D eigenvalue weighted by Crippen LogP contribution is 2.33. The number of amides is 1. The van der Waals surface area contributed by atoms with Crippen molar-refractivity contribution in [2.24, 2.45) is 5.92 Å². The lowest BCUT2D eigenvalue weighted by atomic mass is 9.93. The van der Waals surface area contributed by atoms with Gasteiger partial charge in [0, 0.05) is 54.9 Å². The van der Waals surface area contributed by atoms with E-state index in [2.05, 4.69) is 27.2 Å². The molecule has 5 aromatic rings. The molecular formula is C32H28FN7O3. The van der Waals surface area contributed by atoms with E-state index in [-0.39, 0.29) is 23.2 Å². The monoisotopic (exact) mass is 577 g/mol. The fraction of sp³-hybridized carbons (Fsp3) is 0.250. The first-order chi connectivity index (χ1) is 20.9. The summed E-state index contributed by atoms with van der Waals surface area (Å²) >= 11 is 0. The zero-order valence-corrected chi connectivity index (χ0v) is 23.4. The Kier molecular flexibility index (Phi) is 6.56. The third-order valence-electron chi connectivity index (χ3n) is 8.49. The Morgan fingerprint density at radius 3 is 2.60 bits per heavy atom. The van der Waals surface area contributed by atoms with Gasteiger partial charge in [-0.25, -0.2) is 23.9 Å². The van der Waals surface area contributed by atoms with Crippen molar-refractivity contribution in [2.45, 2.75) is 25.8 Å². The van der Waals surface area contributed by atoms with Crippen LogP contribution in [0.25, 0.3) is 28.2 Å². The fourth-order valence-electron chi connectivity index (χ4n) is 6.15. The molecule has 3 aromatic heterocycles. The topological polar surface area (TPSA) is 117 Å². The number of hydrogen-bond acceptors (Lipinski definition) is 7. The Bertz CT molecular complexity index is 1880. The van der Waals surface area contributed by atoms with E-state index < -0.39 is 17.7 Å². The SMILES string of the molecule is C[C@@H]1c2ccccc2CCN1C(=O)c1cc(-c2cncnc2)n2nc(-c3ccc(N4CC[C@H](C(=O)O)C4)cc3F)cc2n1. The van der Waals surface area contributed by atoms with Gasteiger partial charge in [-0.2, -0.15) is 5.10 Å². The average molecular weight is 578 g/mol. The molecule has 2 aliphatic heterocycles. The maximum Gasteiger partial charge on any atom is 0.308 e. The van der Waals surface area contributed by atoms with Crippen molar-refractivity contribution in [1.29, 1.82) is 0 Å². The number of fused-ring (bicyclic) bond motifs is 2. The number of hydrogen-bond donors (Lipinski definition) is 1. The van der Waals surface area contributed by atoms with E-state index in [9.17, 15) is 14.7 Å². The molecule has 2 atom stereocenters. The van der Waals surface area contributed by atoms with Crippen molar-refractivity contribution in [1.82, 2.24) is 29.5 Å². The van der Waals surface area contributed by atoms with Gasteiger partial charge < -0.3 is 14.9 Å². The molecule has 0 spiro atoms. The molecule has 43 heavy (non-hydrogen) atoms. The standard InChI is InChI=1S/C32H28FN7O3/c1-19-24-5-3-2-4-20(24)9-11-39(19)31(41)28-13-29(22-15-34-18-35-16-22)40-30(36-28)14-27(37-40)25-7-6-23(12-26(25)33)38-10-8-21(17-38)32(42)43/h2-7,12-16,18-19,21H,8-11,17H2,1H3,(H,42,43)/t19-,21+/m1/s1. The lowest BCUT2D eigenvalue weighted by molar-refractivity contribution is -0.140. The van der Waals surface area contributed by atoms with Crippen LogP contribution >= 0.6 is 0 Å². The maximum atomic E-state index is 15.5. The van der Waals surface area contributed by atoms with Gasteiger partial charge in [0.1, 0.15) is 17.8 Å². The Morgan fingerprint density at radius 1 is 1.02 bits per heavy atom. The number of carboxylic acids is 1. The van der Waals surface area contributed by atoms with Crippen molar-refractivity contribution in [3.8, 4) is 22.5 Å². The van der Waals surface area contributed by atoms with Crippen molar-refractivity contribution in [2.75, 3.05) is 24.5 Å². The molecule has 2 aromatic carbocycles. The third kappa shape index (κ3) is 4.76. The molecule has 0 radical (unpaired) electrons. The van der Waals surface area contributed by atoms with Crippen LogP contribution in [0.5, 0.6) is 0 Å². The summed E-state index contributed by atoms with van der Waals surface area (Å²) in [6.45, 7) is 3.48. The highest BCUT2D eigenvalue weighted by Gasteiger charge is 2.31. The van der Waals surface area contributed by atoms with Crippen LogP contribution in [0.1, 0.15) is 41.0 Å². The van der Waals surface area contributed by atoms with Crippen molar-refractivity contribution in [3.05, 3.63) is 96.0 Å². The first-order valence-corrected chi connectivity index (χ1v) is 14.2. The zero-order chi connectivity index (χ0) is 29.7. The summed E-state index contributed by atoms with van der Waals surface area (Å²) in [6, 6.07) is 16.2. The predicted molar refractivity (Wildman–Crippen MR) is 157 cm³/mol. The van der Waals surface area contributed by atoms with Crippen LogP contribution in [0.2, 0.25) is 0 Å². The molecule has 1 saturated heterocycles. The summed E-state index contributed by atoms with van der Waals surface area (Å²) in [4.78, 5) is 42.0. The largest absolute Gasteiger partial charge is 0.481 e. The minimum atomic E-state index is -0.839. The average Bonchev–Trinajstić information content (AvgIpc) is 3.69. The summed E-state index contributed by atoms with van der Waals surface area (Å²) in [5.74, 6) is -1.99. The molecule has 2 aliphatic rings. The van der Waals surface area contributed by atoms with Gasteiger partial charge in [-0.05, 0) is 55.2 Å². The molecule has 5 heterocycles. The first-order valence-electron chi connectivity index (χ1n) is 14.2. The number of benzene rings is 2. The van der Waals surface area contributed by atoms with Gasteiger partial charge in [-0.3, -0.25) is 9.59 Å². The Balaban J connectivity index is 1.26. The number of aliphatic carboxylic acids is 1. The van der Waals surface area contributed by atoms with Crippen LogP contribution < -0.4 is 4.90 Å². The molecule has 1 N–H and O–H groups in total. The third-order valence-corrected chi connectivity index (χ3v) is 8.49. The van der Waals surface area contributed by atoms with Gasteiger partial charge in [0.15, 0.2) is 5.65 Å². The smallest absolute Gasteiger partial charge is 0.308 e. The lowest BCUT2D eigenvalue weighted by Crippen LogP contribution is -2.39. The highest BCUT2D eigenvalue weighted by atomic mass is 19.1. The van der Waals surface area contributed by atoms with Gasteiger partial charge >= 0.3 is 5.97 Å². The van der Waals surface area contributed by atoms with Crippen molar-refractivity contribution in [3.63, 3.8) is 0 Å². The second kappa shape index (κ2) is 10.6. The van der Waals surface area contributed by atoms with E-state index in [1.165, 1.54) is 18.0 Å². The van der Waals surface area contributed by atoms with E-state index in [1.54, 1.807) is 41.2 Å². The van der Waals surface area contributed by atoms with Crippen LogP contribution in [0.3, 0.4) is 0 Å². The number of carbonyl (C=O) groups is 2.